The van der Waals surface area contributed by atoms with Gasteiger partial charge in [0.2, 0.25) is 29.5 Å². The Morgan fingerprint density at radius 1 is 0.903 bits per heavy atom. The second-order valence-electron chi connectivity index (χ2n) is 14.7. The van der Waals surface area contributed by atoms with Crippen molar-refractivity contribution in [2.24, 2.45) is 16.8 Å². The van der Waals surface area contributed by atoms with Crippen LogP contribution in [0.25, 0.3) is 0 Å². The molecule has 6 amide bonds. The van der Waals surface area contributed by atoms with E-state index in [2.05, 4.69) is 60.0 Å². The number of hydrogen-bond donors (Lipinski definition) is 10. The molecular formula is C42H54N10O9S. The van der Waals surface area contributed by atoms with Crippen molar-refractivity contribution < 1.29 is 43.4 Å². The number of carboxylic acid groups (broad SMARTS) is 1. The van der Waals surface area contributed by atoms with Crippen LogP contribution in [-0.2, 0) is 35.2 Å². The number of hydrogen-bond acceptors (Lipinski definition) is 13. The highest BCUT2D eigenvalue weighted by molar-refractivity contribution is 7.80. The Hall–Kier alpha value is -6.54. The highest BCUT2D eigenvalue weighted by atomic mass is 32.1. The van der Waals surface area contributed by atoms with Crippen molar-refractivity contribution in [2.75, 3.05) is 31.7 Å². The number of benzene rings is 2. The molecule has 2 aromatic carbocycles. The van der Waals surface area contributed by atoms with Crippen LogP contribution in [0.2, 0.25) is 0 Å². The molecule has 332 valence electrons. The zero-order valence-corrected chi connectivity index (χ0v) is 35.4. The number of carboxylic acids is 1. The summed E-state index contributed by atoms with van der Waals surface area (Å²) in [6, 6.07) is 12.3. The largest absolute Gasteiger partial charge is 0.494 e. The number of unbranched alkanes of at least 4 members (excludes halogenated alkanes) is 1. The van der Waals surface area contributed by atoms with Gasteiger partial charge in [0.05, 0.1) is 31.4 Å². The highest BCUT2D eigenvalue weighted by Crippen LogP contribution is 2.16. The maximum atomic E-state index is 13.9. The van der Waals surface area contributed by atoms with Crippen molar-refractivity contribution >= 4 is 66.1 Å². The Balaban J connectivity index is 1.35. The summed E-state index contributed by atoms with van der Waals surface area (Å²) in [6.45, 7) is 3.75. The summed E-state index contributed by atoms with van der Waals surface area (Å²) < 4.78 is 5.84. The zero-order chi connectivity index (χ0) is 45.0. The first-order valence-electron chi connectivity index (χ1n) is 20.2. The maximum Gasteiger partial charge on any atom is 0.305 e. The van der Waals surface area contributed by atoms with E-state index in [9.17, 15) is 38.7 Å². The van der Waals surface area contributed by atoms with Crippen molar-refractivity contribution in [3.8, 4) is 5.75 Å². The molecule has 1 fully saturated rings. The van der Waals surface area contributed by atoms with Crippen LogP contribution >= 0.6 is 12.6 Å². The van der Waals surface area contributed by atoms with Gasteiger partial charge < -0.3 is 47.5 Å². The number of pyridine rings is 1. The lowest BCUT2D eigenvalue weighted by atomic mass is 9.99. The molecule has 0 radical (unpaired) electrons. The van der Waals surface area contributed by atoms with Crippen molar-refractivity contribution in [2.45, 2.75) is 81.4 Å². The molecule has 62 heavy (non-hydrogen) atoms. The monoisotopic (exact) mass is 874 g/mol. The van der Waals surface area contributed by atoms with Crippen LogP contribution in [0.15, 0.2) is 76.9 Å². The SMILES string of the molecule is CC(C)C1NC(=O)[C@@H](Cc2ccc(OCCCNC(=O)c3ccc(N/N=C/c4ccccc4S)nc3)cc2)NC(=O)[C@H](CC(=O)O)NC(=O)CNC(=O)[C@H](CCCCN)NC1=O. The summed E-state index contributed by atoms with van der Waals surface area (Å²) in [4.78, 5) is 96.1. The standard InChI is InChI=1S/C42H54N10O9S/c1-25(2)37-42(60)49-30(9-5-6-17-43)39(57)46-24-35(53)48-32(21-36(54)55)40(58)50-31(41(59)51-37)20-26-11-14-29(15-12-26)61-19-7-18-44-38(56)28-13-16-34(45-22-28)52-47-23-27-8-3-4-10-33(27)62/h3-4,8,10-16,22-23,25,30-32,37,62H,5-7,9,17-21,24,43H2,1-2H3,(H,44,56)(H,45,52)(H,46,57)(H,48,53)(H,49,60)(H,50,58)(H,51,59)(H,54,55)/b47-23+/t30-,31+,32-,37?/m0/s1. The zero-order valence-electron chi connectivity index (χ0n) is 34.5. The molecular weight excluding hydrogens is 821 g/mol. The molecule has 2 heterocycles. The molecule has 1 aromatic heterocycles. The second kappa shape index (κ2) is 24.7. The molecule has 19 nitrogen and oxygen atoms in total. The predicted octanol–water partition coefficient (Wildman–Crippen LogP) is 0.886. The number of aromatic nitrogens is 1. The van der Waals surface area contributed by atoms with Crippen molar-refractivity contribution in [3.05, 3.63) is 83.6 Å². The molecule has 4 rings (SSSR count). The minimum Gasteiger partial charge on any atom is -0.494 e. The van der Waals surface area contributed by atoms with Crippen LogP contribution in [0.5, 0.6) is 5.75 Å². The first-order chi connectivity index (χ1) is 29.7. The molecule has 1 saturated heterocycles. The van der Waals surface area contributed by atoms with E-state index < -0.39 is 78.6 Å². The number of thiol groups is 1. The topological polar surface area (TPSA) is 284 Å². The summed E-state index contributed by atoms with van der Waals surface area (Å²) >= 11 is 4.39. The van der Waals surface area contributed by atoms with E-state index in [-0.39, 0.29) is 25.4 Å². The third-order valence-electron chi connectivity index (χ3n) is 9.50. The van der Waals surface area contributed by atoms with Crippen LogP contribution < -0.4 is 47.8 Å². The summed E-state index contributed by atoms with van der Waals surface area (Å²) in [5.74, 6) is -5.08. The fraction of sp³-hybridized carbons (Fsp3) is 0.405. The molecule has 20 heteroatoms. The van der Waals surface area contributed by atoms with Gasteiger partial charge in [-0.2, -0.15) is 5.10 Å². The van der Waals surface area contributed by atoms with Gasteiger partial charge in [-0.05, 0) is 74.0 Å². The van der Waals surface area contributed by atoms with E-state index in [4.69, 9.17) is 10.5 Å². The lowest BCUT2D eigenvalue weighted by Crippen LogP contribution is -2.59. The van der Waals surface area contributed by atoms with E-state index in [0.29, 0.717) is 55.0 Å². The van der Waals surface area contributed by atoms with Gasteiger partial charge >= 0.3 is 5.97 Å². The number of nitrogens with two attached hydrogens (primary N) is 1. The molecule has 0 saturated carbocycles. The number of amides is 6. The predicted molar refractivity (Wildman–Crippen MR) is 232 cm³/mol. The smallest absolute Gasteiger partial charge is 0.305 e. The highest BCUT2D eigenvalue weighted by Gasteiger charge is 2.34. The Bertz CT molecular complexity index is 2050. The van der Waals surface area contributed by atoms with Crippen LogP contribution in [0.4, 0.5) is 5.82 Å². The van der Waals surface area contributed by atoms with Crippen molar-refractivity contribution in [3.63, 3.8) is 0 Å². The summed E-state index contributed by atoms with van der Waals surface area (Å²) in [6.07, 6.45) is 3.90. The molecule has 0 aliphatic carbocycles. The summed E-state index contributed by atoms with van der Waals surface area (Å²) in [7, 11) is 0. The molecule has 0 bridgehead atoms. The van der Waals surface area contributed by atoms with Gasteiger partial charge in [0, 0.05) is 29.6 Å². The van der Waals surface area contributed by atoms with Gasteiger partial charge in [0.1, 0.15) is 35.7 Å². The van der Waals surface area contributed by atoms with Crippen LogP contribution in [0.1, 0.15) is 67.4 Å². The lowest BCUT2D eigenvalue weighted by molar-refractivity contribution is -0.141. The average Bonchev–Trinajstić information content (AvgIpc) is 3.24. The Kier molecular flexibility index (Phi) is 19.1. The normalized spacial score (nSPS) is 19.0. The summed E-state index contributed by atoms with van der Waals surface area (Å²) in [5, 5.41) is 29.2. The van der Waals surface area contributed by atoms with Gasteiger partial charge in [-0.15, -0.1) is 12.6 Å². The molecule has 3 aromatic rings. The third kappa shape index (κ3) is 15.8. The van der Waals surface area contributed by atoms with E-state index in [1.54, 1.807) is 56.5 Å². The van der Waals surface area contributed by atoms with E-state index >= 15 is 0 Å². The van der Waals surface area contributed by atoms with Gasteiger partial charge in [-0.3, -0.25) is 39.0 Å². The lowest BCUT2D eigenvalue weighted by Gasteiger charge is -2.27. The van der Waals surface area contributed by atoms with Gasteiger partial charge in [-0.1, -0.05) is 44.2 Å². The van der Waals surface area contributed by atoms with Crippen LogP contribution in [0, 0.1) is 5.92 Å². The number of carbonyl (C=O) groups is 7. The maximum absolute atomic E-state index is 13.9. The minimum absolute atomic E-state index is 0.0878. The number of hydrazone groups is 1. The Morgan fingerprint density at radius 3 is 2.31 bits per heavy atom. The van der Waals surface area contributed by atoms with E-state index in [0.717, 1.165) is 10.5 Å². The number of rotatable bonds is 18. The Morgan fingerprint density at radius 2 is 1.63 bits per heavy atom. The van der Waals surface area contributed by atoms with Crippen molar-refractivity contribution in [1.29, 1.82) is 0 Å². The Labute approximate surface area is 364 Å². The number of carbonyl (C=O) groups excluding carboxylic acids is 6. The molecule has 0 spiro atoms. The summed E-state index contributed by atoms with van der Waals surface area (Å²) in [5.41, 5.74) is 10.2. The second-order valence-corrected chi connectivity index (χ2v) is 15.2. The number of aliphatic carboxylic acids is 1. The number of ether oxygens (including phenoxy) is 1. The van der Waals surface area contributed by atoms with Crippen LogP contribution in [0.3, 0.4) is 0 Å². The average molecular weight is 875 g/mol. The first kappa shape index (κ1) is 48.1. The fourth-order valence-corrected chi connectivity index (χ4v) is 6.31. The van der Waals surface area contributed by atoms with Crippen molar-refractivity contribution in [1.82, 2.24) is 36.9 Å². The van der Waals surface area contributed by atoms with Crippen LogP contribution in [-0.4, -0.2) is 108 Å². The first-order valence-corrected chi connectivity index (χ1v) is 20.6. The minimum atomic E-state index is -1.59. The molecule has 1 unspecified atom stereocenters. The molecule has 1 aliphatic heterocycles. The number of nitrogens with one attached hydrogen (secondary N) is 7. The van der Waals surface area contributed by atoms with E-state index in [1.807, 2.05) is 24.3 Å². The molecule has 4 atom stereocenters. The van der Waals surface area contributed by atoms with Gasteiger partial charge in [0.25, 0.3) is 5.91 Å². The van der Waals surface area contributed by atoms with E-state index in [1.165, 1.54) is 6.20 Å². The van der Waals surface area contributed by atoms with Gasteiger partial charge in [-0.25, -0.2) is 4.98 Å². The third-order valence-corrected chi connectivity index (χ3v) is 9.90. The fourth-order valence-electron chi connectivity index (χ4n) is 6.10. The number of anilines is 1. The molecule has 10 N–H and O–H groups in total. The quantitative estimate of drug-likeness (QED) is 0.0369. The van der Waals surface area contributed by atoms with Gasteiger partial charge in [0.15, 0.2) is 0 Å². The molecule has 1 aliphatic rings. The number of nitrogens with zero attached hydrogens (tertiary/aromatic N) is 2.